The van der Waals surface area contributed by atoms with Crippen LogP contribution in [0.1, 0.15) is 18.1 Å². The lowest BCUT2D eigenvalue weighted by Gasteiger charge is -2.05. The number of carbonyl (C=O) groups excluding carboxylic acids is 2. The molecule has 0 saturated heterocycles. The molecule has 0 bridgehead atoms. The fourth-order valence-corrected chi connectivity index (χ4v) is 2.14. The fraction of sp³-hybridized carbons (Fsp3) is 0.118. The number of benzene rings is 2. The van der Waals surface area contributed by atoms with Crippen LogP contribution in [0.25, 0.3) is 0 Å². The molecule has 2 rings (SSSR count). The van der Waals surface area contributed by atoms with Crippen molar-refractivity contribution in [3.8, 4) is 0 Å². The van der Waals surface area contributed by atoms with Gasteiger partial charge in [-0.25, -0.2) is 5.43 Å². The average Bonchev–Trinajstić information content (AvgIpc) is 2.61. The minimum atomic E-state index is -0.964. The van der Waals surface area contributed by atoms with Gasteiger partial charge in [0.2, 0.25) is 0 Å². The van der Waals surface area contributed by atoms with Crippen molar-refractivity contribution in [3.63, 3.8) is 0 Å². The molecule has 2 N–H and O–H groups in total. The number of nitro benzene ring substituents is 1. The first-order valence-corrected chi connectivity index (χ1v) is 7.82. The van der Waals surface area contributed by atoms with Gasteiger partial charge >= 0.3 is 11.8 Å². The number of nitro groups is 1. The highest BCUT2D eigenvalue weighted by atomic mass is 35.5. The van der Waals surface area contributed by atoms with E-state index in [0.717, 1.165) is 5.56 Å². The van der Waals surface area contributed by atoms with E-state index in [1.807, 2.05) is 6.92 Å². The first-order valence-electron chi connectivity index (χ1n) is 7.44. The van der Waals surface area contributed by atoms with Crippen LogP contribution in [0, 0.1) is 17.0 Å². The van der Waals surface area contributed by atoms with Crippen LogP contribution in [0.2, 0.25) is 5.02 Å². The molecule has 0 aromatic heterocycles. The first-order chi connectivity index (χ1) is 12.3. The molecule has 0 radical (unpaired) electrons. The number of aryl methyl sites for hydroxylation is 1. The molecule has 0 heterocycles. The Hall–Kier alpha value is -3.26. The lowest BCUT2D eigenvalue weighted by Crippen LogP contribution is -2.32. The van der Waals surface area contributed by atoms with E-state index >= 15 is 0 Å². The second kappa shape index (κ2) is 8.21. The zero-order chi connectivity index (χ0) is 19.3. The molecule has 2 amide bonds. The van der Waals surface area contributed by atoms with Gasteiger partial charge in [0.25, 0.3) is 5.69 Å². The van der Waals surface area contributed by atoms with Gasteiger partial charge in [-0.2, -0.15) is 5.10 Å². The third kappa shape index (κ3) is 4.87. The van der Waals surface area contributed by atoms with Crippen LogP contribution >= 0.6 is 11.6 Å². The minimum absolute atomic E-state index is 0.00642. The van der Waals surface area contributed by atoms with Gasteiger partial charge in [0.1, 0.15) is 5.02 Å². The molecule has 0 spiro atoms. The third-order valence-electron chi connectivity index (χ3n) is 3.40. The van der Waals surface area contributed by atoms with Gasteiger partial charge in [0, 0.05) is 17.3 Å². The summed E-state index contributed by atoms with van der Waals surface area (Å²) in [6.07, 6.45) is 0. The number of anilines is 1. The molecule has 0 aliphatic rings. The highest BCUT2D eigenvalue weighted by Crippen LogP contribution is 2.25. The lowest BCUT2D eigenvalue weighted by molar-refractivity contribution is -0.384. The van der Waals surface area contributed by atoms with Gasteiger partial charge < -0.3 is 5.32 Å². The summed E-state index contributed by atoms with van der Waals surface area (Å²) in [5.74, 6) is -1.85. The summed E-state index contributed by atoms with van der Waals surface area (Å²) in [6, 6.07) is 11.0. The van der Waals surface area contributed by atoms with Crippen LogP contribution < -0.4 is 10.7 Å². The Balaban J connectivity index is 2.04. The highest BCUT2D eigenvalue weighted by molar-refractivity contribution is 6.39. The SMILES string of the molecule is C/C(=N/NC(=O)C(=O)Nc1ccc(C)cc1)c1ccc(Cl)c([N+](=O)[O-])c1. The van der Waals surface area contributed by atoms with E-state index in [4.69, 9.17) is 11.6 Å². The van der Waals surface area contributed by atoms with Crippen molar-refractivity contribution in [3.05, 3.63) is 68.7 Å². The van der Waals surface area contributed by atoms with Crippen molar-refractivity contribution in [2.75, 3.05) is 5.32 Å². The highest BCUT2D eigenvalue weighted by Gasteiger charge is 2.15. The molecule has 0 saturated carbocycles. The predicted molar refractivity (Wildman–Crippen MR) is 98.3 cm³/mol. The summed E-state index contributed by atoms with van der Waals surface area (Å²) in [4.78, 5) is 33.9. The standard InChI is InChI=1S/C17H15ClN4O4/c1-10-3-6-13(7-4-10)19-16(23)17(24)21-20-11(2)12-5-8-14(18)15(9-12)22(25)26/h3-9H,1-2H3,(H,19,23)(H,21,24)/b20-11-. The molecule has 0 aliphatic carbocycles. The van der Waals surface area contributed by atoms with Crippen LogP contribution in [0.5, 0.6) is 0 Å². The largest absolute Gasteiger partial charge is 0.329 e. The van der Waals surface area contributed by atoms with E-state index in [1.165, 1.54) is 25.1 Å². The Kier molecular flexibility index (Phi) is 6.03. The Bertz CT molecular complexity index is 894. The average molecular weight is 375 g/mol. The van der Waals surface area contributed by atoms with E-state index in [-0.39, 0.29) is 16.4 Å². The molecule has 8 nitrogen and oxygen atoms in total. The smallest absolute Gasteiger partial charge is 0.318 e. The Labute approximate surface area is 154 Å². The van der Waals surface area contributed by atoms with Gasteiger partial charge in [-0.1, -0.05) is 35.4 Å². The quantitative estimate of drug-likeness (QED) is 0.370. The Morgan fingerprint density at radius 1 is 1.12 bits per heavy atom. The second-order valence-electron chi connectivity index (χ2n) is 5.38. The number of amides is 2. The topological polar surface area (TPSA) is 114 Å². The predicted octanol–water partition coefficient (Wildman–Crippen LogP) is 3.04. The summed E-state index contributed by atoms with van der Waals surface area (Å²) in [6.45, 7) is 3.43. The van der Waals surface area contributed by atoms with Crippen LogP contribution in [-0.4, -0.2) is 22.4 Å². The van der Waals surface area contributed by atoms with Crippen LogP contribution in [-0.2, 0) is 9.59 Å². The van der Waals surface area contributed by atoms with Crippen molar-refractivity contribution in [2.24, 2.45) is 5.10 Å². The molecule has 0 atom stereocenters. The number of nitrogens with one attached hydrogen (secondary N) is 2. The molecule has 134 valence electrons. The Morgan fingerprint density at radius 2 is 1.77 bits per heavy atom. The van der Waals surface area contributed by atoms with Crippen LogP contribution in [0.3, 0.4) is 0 Å². The minimum Gasteiger partial charge on any atom is -0.318 e. The fourth-order valence-electron chi connectivity index (χ4n) is 1.95. The van der Waals surface area contributed by atoms with Crippen molar-refractivity contribution >= 4 is 40.5 Å². The van der Waals surface area contributed by atoms with Crippen LogP contribution in [0.4, 0.5) is 11.4 Å². The maximum absolute atomic E-state index is 11.8. The second-order valence-corrected chi connectivity index (χ2v) is 5.79. The van der Waals surface area contributed by atoms with Crippen LogP contribution in [0.15, 0.2) is 47.6 Å². The van der Waals surface area contributed by atoms with Crippen molar-refractivity contribution in [1.29, 1.82) is 0 Å². The molecule has 0 unspecified atom stereocenters. The maximum atomic E-state index is 11.8. The van der Waals surface area contributed by atoms with Crippen molar-refractivity contribution < 1.29 is 14.5 Å². The van der Waals surface area contributed by atoms with Gasteiger partial charge in [-0.15, -0.1) is 0 Å². The zero-order valence-corrected chi connectivity index (χ0v) is 14.7. The summed E-state index contributed by atoms with van der Waals surface area (Å²) in [7, 11) is 0. The van der Waals surface area contributed by atoms with Gasteiger partial charge in [0.05, 0.1) is 10.6 Å². The lowest BCUT2D eigenvalue weighted by atomic mass is 10.1. The molecule has 0 fully saturated rings. The van der Waals surface area contributed by atoms with E-state index in [0.29, 0.717) is 11.3 Å². The summed E-state index contributed by atoms with van der Waals surface area (Å²) >= 11 is 5.75. The number of carbonyl (C=O) groups is 2. The van der Waals surface area contributed by atoms with E-state index < -0.39 is 16.7 Å². The normalized spacial score (nSPS) is 11.0. The number of nitrogens with zero attached hydrogens (tertiary/aromatic N) is 2. The molecular formula is C17H15ClN4O4. The van der Waals surface area contributed by atoms with Crippen molar-refractivity contribution in [2.45, 2.75) is 13.8 Å². The van der Waals surface area contributed by atoms with E-state index in [1.54, 1.807) is 24.3 Å². The van der Waals surface area contributed by atoms with Gasteiger partial charge in [-0.3, -0.25) is 19.7 Å². The number of rotatable bonds is 4. The molecule has 26 heavy (non-hydrogen) atoms. The third-order valence-corrected chi connectivity index (χ3v) is 3.72. The summed E-state index contributed by atoms with van der Waals surface area (Å²) < 4.78 is 0. The maximum Gasteiger partial charge on any atom is 0.329 e. The molecule has 9 heteroatoms. The molecule has 2 aromatic carbocycles. The number of halogens is 1. The summed E-state index contributed by atoms with van der Waals surface area (Å²) in [5, 5.41) is 17.1. The van der Waals surface area contributed by atoms with E-state index in [9.17, 15) is 19.7 Å². The van der Waals surface area contributed by atoms with Crippen molar-refractivity contribution in [1.82, 2.24) is 5.43 Å². The number of hydrazone groups is 1. The molecule has 0 aliphatic heterocycles. The monoisotopic (exact) mass is 374 g/mol. The number of hydrogen-bond donors (Lipinski definition) is 2. The van der Waals surface area contributed by atoms with E-state index in [2.05, 4.69) is 15.8 Å². The first kappa shape index (κ1) is 19.1. The molecular weight excluding hydrogens is 360 g/mol. The zero-order valence-electron chi connectivity index (χ0n) is 13.9. The summed E-state index contributed by atoms with van der Waals surface area (Å²) in [5.41, 5.74) is 4.00. The Morgan fingerprint density at radius 3 is 2.38 bits per heavy atom. The number of hydrogen-bond acceptors (Lipinski definition) is 5. The van der Waals surface area contributed by atoms with Gasteiger partial charge in [-0.05, 0) is 32.0 Å². The van der Waals surface area contributed by atoms with Gasteiger partial charge in [0.15, 0.2) is 0 Å². The molecule has 2 aromatic rings.